The van der Waals surface area contributed by atoms with Gasteiger partial charge in [0, 0.05) is 10.9 Å². The van der Waals surface area contributed by atoms with Gasteiger partial charge in [-0.3, -0.25) is 4.79 Å². The highest BCUT2D eigenvalue weighted by atomic mass is 32.2. The Balaban J connectivity index is 1.83. The average molecular weight is 348 g/mol. The van der Waals surface area contributed by atoms with Gasteiger partial charge in [0.05, 0.1) is 6.04 Å². The van der Waals surface area contributed by atoms with E-state index >= 15 is 0 Å². The van der Waals surface area contributed by atoms with Gasteiger partial charge in [0.25, 0.3) is 15.9 Å². The number of hydrogen-bond donors (Lipinski definition) is 2. The summed E-state index contributed by atoms with van der Waals surface area (Å²) in [5, 5.41) is 8.19. The highest BCUT2D eigenvalue weighted by Gasteiger charge is 2.22. The SMILES string of the molecule is Cc1c(C(C)NC(=O)c2ccc(S(N)(=O)=O)o2)oc2ccccc12. The van der Waals surface area contributed by atoms with E-state index in [0.29, 0.717) is 5.76 Å². The van der Waals surface area contributed by atoms with Crippen molar-refractivity contribution in [3.63, 3.8) is 0 Å². The van der Waals surface area contributed by atoms with Crippen molar-refractivity contribution in [3.8, 4) is 0 Å². The minimum absolute atomic E-state index is 0.139. The number of carbonyl (C=O) groups is 1. The molecule has 0 saturated heterocycles. The van der Waals surface area contributed by atoms with Crippen LogP contribution in [-0.2, 0) is 10.0 Å². The largest absolute Gasteiger partial charge is 0.459 e. The van der Waals surface area contributed by atoms with Crippen LogP contribution in [0.2, 0.25) is 0 Å². The third-order valence-corrected chi connectivity index (χ3v) is 4.49. The van der Waals surface area contributed by atoms with Gasteiger partial charge in [-0.05, 0) is 32.0 Å². The summed E-state index contributed by atoms with van der Waals surface area (Å²) in [5.74, 6) is -0.0697. The van der Waals surface area contributed by atoms with Crippen molar-refractivity contribution in [2.75, 3.05) is 0 Å². The summed E-state index contributed by atoms with van der Waals surface area (Å²) in [5.41, 5.74) is 1.67. The minimum atomic E-state index is -3.99. The predicted molar refractivity (Wildman–Crippen MR) is 86.9 cm³/mol. The summed E-state index contributed by atoms with van der Waals surface area (Å²) in [4.78, 5) is 12.2. The summed E-state index contributed by atoms with van der Waals surface area (Å²) in [6, 6.07) is 9.55. The minimum Gasteiger partial charge on any atom is -0.459 e. The Hall–Kier alpha value is -2.58. The molecule has 24 heavy (non-hydrogen) atoms. The van der Waals surface area contributed by atoms with Crippen LogP contribution in [0.25, 0.3) is 11.0 Å². The molecule has 0 spiro atoms. The van der Waals surface area contributed by atoms with Crippen LogP contribution in [-0.4, -0.2) is 14.3 Å². The molecular weight excluding hydrogens is 332 g/mol. The van der Waals surface area contributed by atoms with Crippen molar-refractivity contribution in [3.05, 3.63) is 53.5 Å². The van der Waals surface area contributed by atoms with Crippen LogP contribution in [0.15, 0.2) is 50.3 Å². The van der Waals surface area contributed by atoms with Gasteiger partial charge in [-0.2, -0.15) is 0 Å². The molecule has 3 aromatic rings. The molecule has 7 nitrogen and oxygen atoms in total. The lowest BCUT2D eigenvalue weighted by Gasteiger charge is -2.11. The van der Waals surface area contributed by atoms with E-state index in [9.17, 15) is 13.2 Å². The first-order chi connectivity index (χ1) is 11.3. The zero-order chi connectivity index (χ0) is 17.5. The van der Waals surface area contributed by atoms with Crippen molar-refractivity contribution in [2.45, 2.75) is 25.0 Å². The van der Waals surface area contributed by atoms with Crippen LogP contribution >= 0.6 is 0 Å². The maximum absolute atomic E-state index is 12.2. The first-order valence-corrected chi connectivity index (χ1v) is 8.73. The van der Waals surface area contributed by atoms with E-state index in [1.54, 1.807) is 6.92 Å². The summed E-state index contributed by atoms with van der Waals surface area (Å²) < 4.78 is 33.2. The summed E-state index contributed by atoms with van der Waals surface area (Å²) in [7, 11) is -3.99. The first-order valence-electron chi connectivity index (χ1n) is 7.19. The molecule has 0 radical (unpaired) electrons. The molecule has 1 amide bonds. The number of hydrogen-bond acceptors (Lipinski definition) is 5. The summed E-state index contributed by atoms with van der Waals surface area (Å²) >= 11 is 0. The second kappa shape index (κ2) is 5.81. The van der Waals surface area contributed by atoms with Gasteiger partial charge in [-0.25, -0.2) is 13.6 Å². The van der Waals surface area contributed by atoms with Crippen LogP contribution in [0.1, 0.15) is 34.8 Å². The van der Waals surface area contributed by atoms with Crippen LogP contribution in [0, 0.1) is 6.92 Å². The molecule has 0 bridgehead atoms. The Labute approximate surface area is 138 Å². The number of sulfonamides is 1. The molecule has 8 heteroatoms. The number of nitrogens with two attached hydrogens (primary N) is 1. The predicted octanol–water partition coefficient (Wildman–Crippen LogP) is 2.47. The number of benzene rings is 1. The van der Waals surface area contributed by atoms with Crippen LogP contribution in [0.4, 0.5) is 0 Å². The lowest BCUT2D eigenvalue weighted by Crippen LogP contribution is -2.26. The number of fused-ring (bicyclic) bond motifs is 1. The maximum atomic E-state index is 12.2. The first kappa shape index (κ1) is 16.3. The van der Waals surface area contributed by atoms with E-state index in [4.69, 9.17) is 14.0 Å². The van der Waals surface area contributed by atoms with Crippen molar-refractivity contribution in [1.29, 1.82) is 0 Å². The van der Waals surface area contributed by atoms with Crippen molar-refractivity contribution in [1.82, 2.24) is 5.32 Å². The molecule has 1 unspecified atom stereocenters. The topological polar surface area (TPSA) is 116 Å². The van der Waals surface area contributed by atoms with Gasteiger partial charge < -0.3 is 14.2 Å². The monoisotopic (exact) mass is 348 g/mol. The lowest BCUT2D eigenvalue weighted by atomic mass is 10.1. The molecule has 0 saturated carbocycles. The second-order valence-corrected chi connectivity index (χ2v) is 6.94. The zero-order valence-corrected chi connectivity index (χ0v) is 13.9. The quantitative estimate of drug-likeness (QED) is 0.751. The maximum Gasteiger partial charge on any atom is 0.287 e. The van der Waals surface area contributed by atoms with Crippen molar-refractivity contribution < 1.29 is 22.0 Å². The summed E-state index contributed by atoms with van der Waals surface area (Å²) in [6.45, 7) is 3.68. The smallest absolute Gasteiger partial charge is 0.287 e. The fraction of sp³-hybridized carbons (Fsp3) is 0.188. The molecule has 3 N–H and O–H groups in total. The van der Waals surface area contributed by atoms with Gasteiger partial charge in [0.2, 0.25) is 5.09 Å². The van der Waals surface area contributed by atoms with Crippen molar-refractivity contribution >= 4 is 26.9 Å². The van der Waals surface area contributed by atoms with Crippen LogP contribution in [0.3, 0.4) is 0 Å². The molecule has 0 aliphatic rings. The Kier molecular flexibility index (Phi) is 3.94. The molecule has 0 aliphatic heterocycles. The fourth-order valence-corrected chi connectivity index (χ4v) is 3.00. The Morgan fingerprint density at radius 3 is 2.50 bits per heavy atom. The normalized spacial score (nSPS) is 13.1. The average Bonchev–Trinajstić information content (AvgIpc) is 3.13. The number of rotatable bonds is 4. The zero-order valence-electron chi connectivity index (χ0n) is 13.1. The number of nitrogens with one attached hydrogen (secondary N) is 1. The molecule has 2 heterocycles. The van der Waals surface area contributed by atoms with E-state index in [0.717, 1.165) is 22.6 Å². The molecule has 1 atom stereocenters. The van der Waals surface area contributed by atoms with Crippen molar-refractivity contribution in [2.24, 2.45) is 5.14 Å². The van der Waals surface area contributed by atoms with Crippen LogP contribution < -0.4 is 10.5 Å². The van der Waals surface area contributed by atoms with Gasteiger partial charge in [0.15, 0.2) is 5.76 Å². The van der Waals surface area contributed by atoms with E-state index in [2.05, 4.69) is 5.32 Å². The molecule has 1 aromatic carbocycles. The summed E-state index contributed by atoms with van der Waals surface area (Å²) in [6.07, 6.45) is 0. The molecule has 126 valence electrons. The van der Waals surface area contributed by atoms with Gasteiger partial charge in [0.1, 0.15) is 11.3 Å². The van der Waals surface area contributed by atoms with Gasteiger partial charge in [-0.15, -0.1) is 0 Å². The fourth-order valence-electron chi connectivity index (χ4n) is 2.53. The lowest BCUT2D eigenvalue weighted by molar-refractivity contribution is 0.0902. The highest BCUT2D eigenvalue weighted by molar-refractivity contribution is 7.89. The number of furan rings is 2. The Morgan fingerprint density at radius 2 is 1.88 bits per heavy atom. The number of carbonyl (C=O) groups excluding carboxylic acids is 1. The number of amides is 1. The molecule has 2 aromatic heterocycles. The molecule has 0 aliphatic carbocycles. The second-order valence-electron chi connectivity index (χ2n) is 5.45. The Morgan fingerprint density at radius 1 is 1.17 bits per heavy atom. The third-order valence-electron chi connectivity index (χ3n) is 3.71. The van der Waals surface area contributed by atoms with Gasteiger partial charge >= 0.3 is 0 Å². The molecule has 3 rings (SSSR count). The Bertz CT molecular complexity index is 1020. The number of primary sulfonamides is 1. The van der Waals surface area contributed by atoms with Crippen LogP contribution in [0.5, 0.6) is 0 Å². The number of aryl methyl sites for hydroxylation is 1. The number of para-hydroxylation sites is 1. The standard InChI is InChI=1S/C16H16N2O5S/c1-9-11-5-3-4-6-12(11)23-15(9)10(2)18-16(19)13-7-8-14(22-13)24(17,20)21/h3-8,10H,1-2H3,(H,18,19)(H2,17,20,21). The van der Waals surface area contributed by atoms with E-state index in [-0.39, 0.29) is 5.76 Å². The molecular formula is C16H16N2O5S. The molecule has 0 fully saturated rings. The third kappa shape index (κ3) is 2.93. The van der Waals surface area contributed by atoms with E-state index < -0.39 is 27.1 Å². The van der Waals surface area contributed by atoms with E-state index in [1.165, 1.54) is 6.07 Å². The van der Waals surface area contributed by atoms with E-state index in [1.807, 2.05) is 31.2 Å². The highest BCUT2D eigenvalue weighted by Crippen LogP contribution is 2.29. The van der Waals surface area contributed by atoms with Gasteiger partial charge in [-0.1, -0.05) is 18.2 Å².